The number of nitrogens with one attached hydrogen (secondary N) is 1. The maximum Gasteiger partial charge on any atom is 0.259 e. The van der Waals surface area contributed by atoms with Crippen LogP contribution in [0.25, 0.3) is 11.5 Å². The molecule has 0 radical (unpaired) electrons. The number of fused-ring (bicyclic) bond motifs is 2. The normalized spacial score (nSPS) is 24.2. The number of nitrogens with zero attached hydrogens (tertiary/aromatic N) is 4. The summed E-state index contributed by atoms with van der Waals surface area (Å²) < 4.78 is 5.15. The molecule has 2 fully saturated rings. The zero-order valence-electron chi connectivity index (χ0n) is 12.3. The number of carbonyl (C=O) groups excluding carboxylic acids is 1. The molecule has 0 spiro atoms. The van der Waals surface area contributed by atoms with Crippen LogP contribution < -0.4 is 10.2 Å². The Kier molecular flexibility index (Phi) is 3.06. The third-order valence-electron chi connectivity index (χ3n) is 4.36. The Hall–Kier alpha value is -2.44. The lowest BCUT2D eigenvalue weighted by molar-refractivity contribution is -0.121. The highest BCUT2D eigenvalue weighted by Gasteiger charge is 2.38. The van der Waals surface area contributed by atoms with Crippen LogP contribution >= 0.6 is 0 Å². The topological polar surface area (TPSA) is 84.2 Å². The van der Waals surface area contributed by atoms with Gasteiger partial charge in [0.1, 0.15) is 5.82 Å². The second-order valence-corrected chi connectivity index (χ2v) is 5.85. The Balaban J connectivity index is 1.61. The summed E-state index contributed by atoms with van der Waals surface area (Å²) in [6.45, 7) is 2.48. The quantitative estimate of drug-likeness (QED) is 0.899. The smallest absolute Gasteiger partial charge is 0.259 e. The summed E-state index contributed by atoms with van der Waals surface area (Å²) in [6, 6.07) is 4.49. The molecule has 22 heavy (non-hydrogen) atoms. The van der Waals surface area contributed by atoms with Crippen LogP contribution in [0, 0.1) is 6.92 Å². The van der Waals surface area contributed by atoms with E-state index >= 15 is 0 Å². The number of aryl methyl sites for hydroxylation is 1. The molecular weight excluding hydrogens is 282 g/mol. The predicted octanol–water partition coefficient (Wildman–Crippen LogP) is 1.30. The van der Waals surface area contributed by atoms with E-state index in [1.54, 1.807) is 13.1 Å². The molecule has 1 N–H and O–H groups in total. The van der Waals surface area contributed by atoms with E-state index in [2.05, 4.69) is 25.3 Å². The number of carbonyl (C=O) groups is 1. The Morgan fingerprint density at radius 2 is 2.18 bits per heavy atom. The van der Waals surface area contributed by atoms with Gasteiger partial charge in [0.2, 0.25) is 5.91 Å². The van der Waals surface area contributed by atoms with Gasteiger partial charge in [0.05, 0.1) is 5.56 Å². The van der Waals surface area contributed by atoms with Crippen molar-refractivity contribution in [2.24, 2.45) is 0 Å². The summed E-state index contributed by atoms with van der Waals surface area (Å²) >= 11 is 0. The average Bonchev–Trinajstić information content (AvgIpc) is 3.07. The van der Waals surface area contributed by atoms with E-state index in [0.717, 1.165) is 24.2 Å². The van der Waals surface area contributed by atoms with Crippen molar-refractivity contribution in [3.8, 4) is 11.5 Å². The highest BCUT2D eigenvalue weighted by molar-refractivity contribution is 5.78. The third kappa shape index (κ3) is 2.22. The van der Waals surface area contributed by atoms with Crippen LogP contribution in [0.2, 0.25) is 0 Å². The molecular formula is C15H17N5O2. The van der Waals surface area contributed by atoms with Gasteiger partial charge in [-0.05, 0) is 31.9 Å². The molecule has 2 aliphatic rings. The lowest BCUT2D eigenvalue weighted by Crippen LogP contribution is -2.38. The first kappa shape index (κ1) is 13.2. The van der Waals surface area contributed by atoms with Crippen LogP contribution in [-0.4, -0.2) is 39.7 Å². The van der Waals surface area contributed by atoms with Gasteiger partial charge in [-0.1, -0.05) is 5.16 Å². The molecule has 4 rings (SSSR count). The van der Waals surface area contributed by atoms with Crippen molar-refractivity contribution in [3.63, 3.8) is 0 Å². The summed E-state index contributed by atoms with van der Waals surface area (Å²) in [6.07, 6.45) is 4.44. The third-order valence-corrected chi connectivity index (χ3v) is 4.36. The molecule has 2 saturated heterocycles. The van der Waals surface area contributed by atoms with Gasteiger partial charge in [0.25, 0.3) is 5.89 Å². The summed E-state index contributed by atoms with van der Waals surface area (Å²) in [7, 11) is 0. The largest absolute Gasteiger partial charge is 0.354 e. The monoisotopic (exact) mass is 299 g/mol. The zero-order valence-corrected chi connectivity index (χ0v) is 12.3. The van der Waals surface area contributed by atoms with E-state index in [9.17, 15) is 4.79 Å². The first-order valence-corrected chi connectivity index (χ1v) is 7.52. The van der Waals surface area contributed by atoms with E-state index in [0.29, 0.717) is 30.7 Å². The number of hydrogen-bond donors (Lipinski definition) is 1. The fourth-order valence-electron chi connectivity index (χ4n) is 3.33. The molecule has 1 amide bonds. The molecule has 7 nitrogen and oxygen atoms in total. The van der Waals surface area contributed by atoms with Crippen molar-refractivity contribution >= 4 is 11.7 Å². The van der Waals surface area contributed by atoms with Crippen molar-refractivity contribution < 1.29 is 9.32 Å². The Bertz CT molecular complexity index is 696. The van der Waals surface area contributed by atoms with Crippen molar-refractivity contribution in [1.29, 1.82) is 0 Å². The molecule has 7 heteroatoms. The van der Waals surface area contributed by atoms with E-state index in [4.69, 9.17) is 4.52 Å². The van der Waals surface area contributed by atoms with Crippen molar-refractivity contribution in [3.05, 3.63) is 24.2 Å². The Morgan fingerprint density at radius 1 is 1.32 bits per heavy atom. The first-order chi connectivity index (χ1) is 10.7. The van der Waals surface area contributed by atoms with Crippen molar-refractivity contribution in [2.45, 2.75) is 38.3 Å². The van der Waals surface area contributed by atoms with Crippen LogP contribution in [0.4, 0.5) is 5.82 Å². The van der Waals surface area contributed by atoms with Crippen LogP contribution in [0.1, 0.15) is 25.1 Å². The minimum atomic E-state index is 0.134. The summed E-state index contributed by atoms with van der Waals surface area (Å²) in [4.78, 5) is 22.7. The van der Waals surface area contributed by atoms with Gasteiger partial charge in [-0.3, -0.25) is 4.79 Å². The molecule has 114 valence electrons. The Morgan fingerprint density at radius 3 is 2.91 bits per heavy atom. The highest BCUT2D eigenvalue weighted by atomic mass is 16.5. The minimum absolute atomic E-state index is 0.134. The van der Waals surface area contributed by atoms with Crippen LogP contribution in [0.5, 0.6) is 0 Å². The minimum Gasteiger partial charge on any atom is -0.354 e. The summed E-state index contributed by atoms with van der Waals surface area (Å²) in [5, 5.41) is 6.76. The number of anilines is 1. The molecule has 2 aromatic rings. The summed E-state index contributed by atoms with van der Waals surface area (Å²) in [5.41, 5.74) is 0.806. The SMILES string of the molecule is Cc1noc(-c2ccc(N3[C@@H]4CC[C@H]3CC(=O)NC4)nc2)n1. The second-order valence-electron chi connectivity index (χ2n) is 5.85. The lowest BCUT2D eigenvalue weighted by Gasteiger charge is -2.28. The fourth-order valence-corrected chi connectivity index (χ4v) is 3.33. The van der Waals surface area contributed by atoms with Crippen LogP contribution in [-0.2, 0) is 4.79 Å². The van der Waals surface area contributed by atoms with E-state index < -0.39 is 0 Å². The van der Waals surface area contributed by atoms with E-state index in [-0.39, 0.29) is 11.9 Å². The van der Waals surface area contributed by atoms with Crippen molar-refractivity contribution in [2.75, 3.05) is 11.4 Å². The van der Waals surface area contributed by atoms with Gasteiger partial charge < -0.3 is 14.7 Å². The zero-order chi connectivity index (χ0) is 15.1. The Labute approximate surface area is 127 Å². The molecule has 2 atom stereocenters. The van der Waals surface area contributed by atoms with Gasteiger partial charge >= 0.3 is 0 Å². The van der Waals surface area contributed by atoms with Crippen LogP contribution in [0.3, 0.4) is 0 Å². The number of hydrogen-bond acceptors (Lipinski definition) is 6. The van der Waals surface area contributed by atoms with Crippen molar-refractivity contribution in [1.82, 2.24) is 20.4 Å². The number of pyridine rings is 1. The number of aromatic nitrogens is 3. The number of rotatable bonds is 2. The second kappa shape index (κ2) is 5.08. The first-order valence-electron chi connectivity index (χ1n) is 7.52. The lowest BCUT2D eigenvalue weighted by atomic mass is 10.1. The molecule has 4 heterocycles. The predicted molar refractivity (Wildman–Crippen MR) is 79.2 cm³/mol. The van der Waals surface area contributed by atoms with Gasteiger partial charge in [-0.15, -0.1) is 0 Å². The standard InChI is InChI=1S/C15H17N5O2/c1-9-18-15(22-19-9)10-2-5-13(16-7-10)20-11-3-4-12(20)8-17-14(21)6-11/h2,5,7,11-12H,3-4,6,8H2,1H3,(H,17,21)/t11-,12+/m0/s1. The average molecular weight is 299 g/mol. The maximum atomic E-state index is 11.7. The maximum absolute atomic E-state index is 11.7. The molecule has 0 saturated carbocycles. The molecule has 2 aromatic heterocycles. The van der Waals surface area contributed by atoms with Gasteiger partial charge in [-0.25, -0.2) is 4.98 Å². The summed E-state index contributed by atoms with van der Waals surface area (Å²) in [5.74, 6) is 2.13. The molecule has 0 unspecified atom stereocenters. The fraction of sp³-hybridized carbons (Fsp3) is 0.467. The van der Waals surface area contributed by atoms with Gasteiger partial charge in [-0.2, -0.15) is 4.98 Å². The number of amides is 1. The van der Waals surface area contributed by atoms with Crippen LogP contribution in [0.15, 0.2) is 22.9 Å². The molecule has 0 aromatic carbocycles. The molecule has 2 aliphatic heterocycles. The van der Waals surface area contributed by atoms with E-state index in [1.807, 2.05) is 12.1 Å². The van der Waals surface area contributed by atoms with E-state index in [1.165, 1.54) is 0 Å². The highest BCUT2D eigenvalue weighted by Crippen LogP contribution is 2.33. The molecule has 2 bridgehead atoms. The van der Waals surface area contributed by atoms with Gasteiger partial charge in [0, 0.05) is 31.2 Å². The van der Waals surface area contributed by atoms with Gasteiger partial charge in [0.15, 0.2) is 5.82 Å². The molecule has 0 aliphatic carbocycles.